The van der Waals surface area contributed by atoms with Crippen molar-refractivity contribution in [2.45, 2.75) is 41.0 Å². The Morgan fingerprint density at radius 2 is 2.00 bits per heavy atom. The van der Waals surface area contributed by atoms with E-state index in [1.54, 1.807) is 0 Å². The predicted octanol–water partition coefficient (Wildman–Crippen LogP) is 4.02. The van der Waals surface area contributed by atoms with Gasteiger partial charge in [-0.1, -0.05) is 37.6 Å². The second kappa shape index (κ2) is 7.54. The highest BCUT2D eigenvalue weighted by Crippen LogP contribution is 2.04. The van der Waals surface area contributed by atoms with Gasteiger partial charge in [0.2, 0.25) is 0 Å². The van der Waals surface area contributed by atoms with Crippen LogP contribution in [0, 0.1) is 5.92 Å². The minimum atomic E-state index is 0.615. The van der Waals surface area contributed by atoms with E-state index in [0.717, 1.165) is 6.54 Å². The number of nitrogens with zero attached hydrogens (tertiary/aromatic N) is 1. The van der Waals surface area contributed by atoms with E-state index < -0.39 is 0 Å². The average molecular weight is 193 g/mol. The molecule has 0 spiro atoms. The van der Waals surface area contributed by atoms with Crippen molar-refractivity contribution in [3.63, 3.8) is 0 Å². The van der Waals surface area contributed by atoms with Crippen LogP contribution in [0.5, 0.6) is 0 Å². The number of aliphatic imine (C=N–C) groups is 1. The molecule has 0 rings (SSSR count). The summed E-state index contributed by atoms with van der Waals surface area (Å²) in [5.41, 5.74) is 2.58. The highest BCUT2D eigenvalue weighted by Gasteiger charge is 2.01. The Labute approximate surface area is 88.6 Å². The molecule has 0 aromatic carbocycles. The van der Waals surface area contributed by atoms with Crippen molar-refractivity contribution in [1.29, 1.82) is 0 Å². The summed E-state index contributed by atoms with van der Waals surface area (Å²) in [6, 6.07) is 0. The van der Waals surface area contributed by atoms with E-state index in [2.05, 4.69) is 44.8 Å². The molecule has 0 aliphatic rings. The van der Waals surface area contributed by atoms with Gasteiger partial charge in [-0.25, -0.2) is 0 Å². The minimum Gasteiger partial charge on any atom is -0.290 e. The number of hydrogen-bond donors (Lipinski definition) is 0. The van der Waals surface area contributed by atoms with Crippen molar-refractivity contribution in [3.05, 3.63) is 23.8 Å². The topological polar surface area (TPSA) is 12.4 Å². The fourth-order valence-corrected chi connectivity index (χ4v) is 1.01. The molecule has 1 atom stereocenters. The molecule has 0 saturated heterocycles. The lowest BCUT2D eigenvalue weighted by atomic mass is 10.0. The third-order valence-electron chi connectivity index (χ3n) is 2.48. The molecule has 0 aromatic heterocycles. The summed E-state index contributed by atoms with van der Waals surface area (Å²) in [4.78, 5) is 4.56. The Morgan fingerprint density at radius 1 is 1.36 bits per heavy atom. The molecule has 0 N–H and O–H groups in total. The number of rotatable bonds is 5. The van der Waals surface area contributed by atoms with Gasteiger partial charge in [0.25, 0.3) is 0 Å². The summed E-state index contributed by atoms with van der Waals surface area (Å²) in [7, 11) is 0. The fraction of sp³-hybridized carbons (Fsp3) is 0.615. The molecule has 0 aliphatic heterocycles. The summed E-state index contributed by atoms with van der Waals surface area (Å²) < 4.78 is 0. The van der Waals surface area contributed by atoms with Gasteiger partial charge in [-0.3, -0.25) is 4.99 Å². The fourth-order valence-electron chi connectivity index (χ4n) is 1.01. The van der Waals surface area contributed by atoms with Gasteiger partial charge < -0.3 is 0 Å². The largest absolute Gasteiger partial charge is 0.290 e. The zero-order valence-corrected chi connectivity index (χ0v) is 10.2. The van der Waals surface area contributed by atoms with Gasteiger partial charge in [-0.05, 0) is 33.1 Å². The van der Waals surface area contributed by atoms with Gasteiger partial charge in [-0.2, -0.15) is 0 Å². The molecule has 0 heterocycles. The molecular formula is C13H23N. The first-order valence-electron chi connectivity index (χ1n) is 5.41. The maximum Gasteiger partial charge on any atom is 0.0599 e. The van der Waals surface area contributed by atoms with E-state index in [1.807, 2.05) is 13.0 Å². The van der Waals surface area contributed by atoms with Crippen molar-refractivity contribution in [1.82, 2.24) is 0 Å². The highest BCUT2D eigenvalue weighted by atomic mass is 14.7. The van der Waals surface area contributed by atoms with Gasteiger partial charge in [0.05, 0.1) is 6.54 Å². The zero-order valence-electron chi connectivity index (χ0n) is 10.2. The molecule has 1 nitrogen and oxygen atoms in total. The monoisotopic (exact) mass is 193 g/mol. The first-order valence-corrected chi connectivity index (χ1v) is 5.41. The summed E-state index contributed by atoms with van der Waals surface area (Å²) in [5, 5.41) is 0. The van der Waals surface area contributed by atoms with Crippen molar-refractivity contribution in [2.75, 3.05) is 6.54 Å². The molecule has 0 amide bonds. The van der Waals surface area contributed by atoms with Crippen molar-refractivity contribution >= 4 is 5.71 Å². The van der Waals surface area contributed by atoms with Gasteiger partial charge in [0, 0.05) is 5.71 Å². The molecule has 1 heteroatoms. The van der Waals surface area contributed by atoms with Gasteiger partial charge in [-0.15, -0.1) is 0 Å². The third kappa shape index (κ3) is 5.74. The Balaban J connectivity index is 4.14. The number of hydrogen-bond acceptors (Lipinski definition) is 1. The first-order chi connectivity index (χ1) is 6.61. The van der Waals surface area contributed by atoms with Gasteiger partial charge >= 0.3 is 0 Å². The number of allylic oxidation sites excluding steroid dienone is 3. The van der Waals surface area contributed by atoms with Crippen LogP contribution in [0.15, 0.2) is 28.8 Å². The van der Waals surface area contributed by atoms with E-state index >= 15 is 0 Å². The Kier molecular flexibility index (Phi) is 7.09. The van der Waals surface area contributed by atoms with E-state index in [4.69, 9.17) is 0 Å². The zero-order chi connectivity index (χ0) is 11.0. The summed E-state index contributed by atoms with van der Waals surface area (Å²) >= 11 is 0. The standard InChI is InChI=1S/C13H23N/c1-6-8-9-11(3)10-14-13(5)12(4)7-2/h6,8-9,12H,7,10H2,1-5H3/b8-6-,11-9+,14-13?. The first kappa shape index (κ1) is 13.2. The average Bonchev–Trinajstić information content (AvgIpc) is 2.21. The van der Waals surface area contributed by atoms with Crippen LogP contribution in [0.2, 0.25) is 0 Å². The van der Waals surface area contributed by atoms with Crippen LogP contribution < -0.4 is 0 Å². The van der Waals surface area contributed by atoms with Crippen LogP contribution in [0.4, 0.5) is 0 Å². The van der Waals surface area contributed by atoms with Crippen LogP contribution in [0.25, 0.3) is 0 Å². The van der Waals surface area contributed by atoms with Crippen LogP contribution in [0.1, 0.15) is 41.0 Å². The molecule has 0 radical (unpaired) electrons. The van der Waals surface area contributed by atoms with E-state index in [1.165, 1.54) is 17.7 Å². The maximum atomic E-state index is 4.56. The summed E-state index contributed by atoms with van der Waals surface area (Å²) in [5.74, 6) is 0.615. The van der Waals surface area contributed by atoms with Gasteiger partial charge in [0.15, 0.2) is 0 Å². The molecule has 0 fully saturated rings. The predicted molar refractivity (Wildman–Crippen MR) is 66.0 cm³/mol. The lowest BCUT2D eigenvalue weighted by molar-refractivity contribution is 0.732. The molecule has 0 aliphatic carbocycles. The van der Waals surface area contributed by atoms with Crippen LogP contribution in [0.3, 0.4) is 0 Å². The van der Waals surface area contributed by atoms with E-state index in [0.29, 0.717) is 5.92 Å². The molecular weight excluding hydrogens is 170 g/mol. The maximum absolute atomic E-state index is 4.56. The van der Waals surface area contributed by atoms with Crippen LogP contribution >= 0.6 is 0 Å². The quantitative estimate of drug-likeness (QED) is 0.462. The lowest BCUT2D eigenvalue weighted by Gasteiger charge is -2.07. The Hall–Kier alpha value is -0.850. The molecule has 1 unspecified atom stereocenters. The highest BCUT2D eigenvalue weighted by molar-refractivity contribution is 5.84. The van der Waals surface area contributed by atoms with Crippen molar-refractivity contribution < 1.29 is 0 Å². The van der Waals surface area contributed by atoms with Crippen molar-refractivity contribution in [3.8, 4) is 0 Å². The molecule has 14 heavy (non-hydrogen) atoms. The van der Waals surface area contributed by atoms with E-state index in [9.17, 15) is 0 Å². The lowest BCUT2D eigenvalue weighted by Crippen LogP contribution is -2.06. The normalized spacial score (nSPS) is 16.4. The van der Waals surface area contributed by atoms with E-state index in [-0.39, 0.29) is 0 Å². The van der Waals surface area contributed by atoms with Crippen molar-refractivity contribution in [2.24, 2.45) is 10.9 Å². The third-order valence-corrected chi connectivity index (χ3v) is 2.48. The van der Waals surface area contributed by atoms with Gasteiger partial charge in [0.1, 0.15) is 0 Å². The Bertz CT molecular complexity index is 234. The van der Waals surface area contributed by atoms with Crippen LogP contribution in [-0.2, 0) is 0 Å². The summed E-state index contributed by atoms with van der Waals surface area (Å²) in [6.45, 7) is 11.5. The smallest absolute Gasteiger partial charge is 0.0599 e. The SMILES string of the molecule is C/C=C\C=C(/C)CN=C(C)C(C)CC. The molecule has 0 bridgehead atoms. The van der Waals surface area contributed by atoms with Crippen LogP contribution in [-0.4, -0.2) is 12.3 Å². The molecule has 80 valence electrons. The molecule has 0 aromatic rings. The second-order valence-electron chi connectivity index (χ2n) is 3.81. The minimum absolute atomic E-state index is 0.615. The Morgan fingerprint density at radius 3 is 2.50 bits per heavy atom. The summed E-state index contributed by atoms with van der Waals surface area (Å²) in [6.07, 6.45) is 7.39. The molecule has 0 saturated carbocycles. The second-order valence-corrected chi connectivity index (χ2v) is 3.81.